The van der Waals surface area contributed by atoms with Crippen molar-refractivity contribution in [1.29, 1.82) is 0 Å². The van der Waals surface area contributed by atoms with Gasteiger partial charge >= 0.3 is 0 Å². The molecule has 1 unspecified atom stereocenters. The third-order valence-corrected chi connectivity index (χ3v) is 5.63. The number of sulfonamides is 1. The van der Waals surface area contributed by atoms with Crippen LogP contribution in [-0.4, -0.2) is 44.3 Å². The minimum absolute atomic E-state index is 0.0520. The van der Waals surface area contributed by atoms with E-state index in [4.69, 9.17) is 28.9 Å². The van der Waals surface area contributed by atoms with Gasteiger partial charge in [-0.3, -0.25) is 4.79 Å². The highest BCUT2D eigenvalue weighted by Gasteiger charge is 2.37. The maximum Gasteiger partial charge on any atom is 0.245 e. The van der Waals surface area contributed by atoms with Gasteiger partial charge in [-0.25, -0.2) is 8.42 Å². The number of benzene rings is 1. The van der Waals surface area contributed by atoms with Gasteiger partial charge in [0.05, 0.1) is 5.02 Å². The largest absolute Gasteiger partial charge is 0.368 e. The van der Waals surface area contributed by atoms with Gasteiger partial charge in [-0.2, -0.15) is 4.31 Å². The van der Waals surface area contributed by atoms with Crippen LogP contribution in [0.25, 0.3) is 0 Å². The van der Waals surface area contributed by atoms with Gasteiger partial charge in [0.15, 0.2) is 0 Å². The number of nitrogens with zero attached hydrogens (tertiary/aromatic N) is 1. The molecule has 0 spiro atoms. The lowest BCUT2D eigenvalue weighted by molar-refractivity contribution is -0.122. The maximum atomic E-state index is 12.6. The van der Waals surface area contributed by atoms with Crippen LogP contribution in [0.15, 0.2) is 23.1 Å². The monoisotopic (exact) mass is 337 g/mol. The van der Waals surface area contributed by atoms with Crippen molar-refractivity contribution in [1.82, 2.24) is 9.62 Å². The lowest BCUT2D eigenvalue weighted by Crippen LogP contribution is -2.58. The van der Waals surface area contributed by atoms with Crippen molar-refractivity contribution in [3.8, 4) is 0 Å². The van der Waals surface area contributed by atoms with E-state index < -0.39 is 22.0 Å². The van der Waals surface area contributed by atoms with E-state index in [-0.39, 0.29) is 28.0 Å². The molecule has 6 nitrogen and oxygen atoms in total. The molecule has 2 rings (SSSR count). The van der Waals surface area contributed by atoms with E-state index in [9.17, 15) is 13.2 Å². The molecule has 20 heavy (non-hydrogen) atoms. The Kier molecular flexibility index (Phi) is 4.55. The summed E-state index contributed by atoms with van der Waals surface area (Å²) in [7, 11) is -3.93. The number of nitrogens with one attached hydrogen (secondary N) is 1. The van der Waals surface area contributed by atoms with Crippen molar-refractivity contribution in [2.45, 2.75) is 10.9 Å². The quantitative estimate of drug-likeness (QED) is 0.837. The third-order valence-electron chi connectivity index (χ3n) is 3.00. The molecule has 0 aliphatic carbocycles. The lowest BCUT2D eigenvalue weighted by atomic mass is 10.2. The Hall–Kier alpha value is -0.860. The molecule has 0 saturated carbocycles. The molecule has 0 bridgehead atoms. The molecule has 1 aliphatic heterocycles. The molecule has 1 aromatic carbocycles. The molecule has 110 valence electrons. The summed E-state index contributed by atoms with van der Waals surface area (Å²) in [5.41, 5.74) is 5.26. The van der Waals surface area contributed by atoms with E-state index in [1.54, 1.807) is 0 Å². The summed E-state index contributed by atoms with van der Waals surface area (Å²) in [6, 6.07) is 3.22. The fourth-order valence-corrected chi connectivity index (χ4v) is 4.35. The highest BCUT2D eigenvalue weighted by atomic mass is 35.5. The number of hydrogen-bond acceptors (Lipinski definition) is 4. The number of primary amides is 1. The van der Waals surface area contributed by atoms with Gasteiger partial charge in [0.1, 0.15) is 10.9 Å². The summed E-state index contributed by atoms with van der Waals surface area (Å²) in [6.45, 7) is 0.743. The first-order valence-corrected chi connectivity index (χ1v) is 8.00. The van der Waals surface area contributed by atoms with E-state index in [1.165, 1.54) is 18.2 Å². The zero-order valence-electron chi connectivity index (χ0n) is 10.3. The van der Waals surface area contributed by atoms with Crippen LogP contribution < -0.4 is 11.1 Å². The fourth-order valence-electron chi connectivity index (χ4n) is 2.02. The van der Waals surface area contributed by atoms with Crippen molar-refractivity contribution >= 4 is 39.1 Å². The summed E-state index contributed by atoms with van der Waals surface area (Å²) in [5, 5.41) is 3.23. The smallest absolute Gasteiger partial charge is 0.245 e. The average Bonchev–Trinajstić information content (AvgIpc) is 2.41. The number of piperazine rings is 1. The van der Waals surface area contributed by atoms with Gasteiger partial charge < -0.3 is 11.1 Å². The van der Waals surface area contributed by atoms with Gasteiger partial charge in [0.25, 0.3) is 0 Å². The predicted octanol–water partition coefficient (Wildman–Crippen LogP) is 0.441. The second-order valence-corrected chi connectivity index (χ2v) is 7.02. The first kappa shape index (κ1) is 15.5. The van der Waals surface area contributed by atoms with Crippen LogP contribution in [0.2, 0.25) is 10.0 Å². The summed E-state index contributed by atoms with van der Waals surface area (Å²) in [5.74, 6) is -0.709. The highest BCUT2D eigenvalue weighted by molar-refractivity contribution is 7.89. The Labute approximate surface area is 126 Å². The molecule has 3 N–H and O–H groups in total. The van der Waals surface area contributed by atoms with Crippen LogP contribution >= 0.6 is 23.2 Å². The zero-order chi connectivity index (χ0) is 14.9. The van der Waals surface area contributed by atoms with Crippen molar-refractivity contribution in [2.24, 2.45) is 5.73 Å². The Bertz CT molecular complexity index is 636. The van der Waals surface area contributed by atoms with Crippen LogP contribution in [0.5, 0.6) is 0 Å². The number of rotatable bonds is 3. The molecule has 1 aromatic rings. The van der Waals surface area contributed by atoms with E-state index in [0.29, 0.717) is 6.54 Å². The Balaban J connectivity index is 2.47. The Morgan fingerprint density at radius 2 is 2.10 bits per heavy atom. The lowest BCUT2D eigenvalue weighted by Gasteiger charge is -2.33. The van der Waals surface area contributed by atoms with Crippen molar-refractivity contribution in [3.05, 3.63) is 28.2 Å². The van der Waals surface area contributed by atoms with Gasteiger partial charge in [-0.1, -0.05) is 23.2 Å². The van der Waals surface area contributed by atoms with Gasteiger partial charge in [-0.15, -0.1) is 0 Å². The molecule has 1 saturated heterocycles. The number of nitrogens with two attached hydrogens (primary N) is 1. The molecule has 9 heteroatoms. The molecule has 0 aromatic heterocycles. The molecule has 1 amide bonds. The predicted molar refractivity (Wildman–Crippen MR) is 76.2 cm³/mol. The van der Waals surface area contributed by atoms with Gasteiger partial charge in [0, 0.05) is 24.7 Å². The van der Waals surface area contributed by atoms with E-state index >= 15 is 0 Å². The van der Waals surface area contributed by atoms with Gasteiger partial charge in [0.2, 0.25) is 15.9 Å². The highest BCUT2D eigenvalue weighted by Crippen LogP contribution is 2.29. The molecule has 1 atom stereocenters. The van der Waals surface area contributed by atoms with Crippen LogP contribution in [0.3, 0.4) is 0 Å². The van der Waals surface area contributed by atoms with Crippen LogP contribution in [0.1, 0.15) is 0 Å². The van der Waals surface area contributed by atoms with Crippen molar-refractivity contribution in [3.63, 3.8) is 0 Å². The fraction of sp³-hybridized carbons (Fsp3) is 0.364. The number of carbonyl (C=O) groups excluding carboxylic acids is 1. The first-order chi connectivity index (χ1) is 9.34. The zero-order valence-corrected chi connectivity index (χ0v) is 12.7. The molecule has 1 fully saturated rings. The molecule has 1 aliphatic rings. The van der Waals surface area contributed by atoms with Gasteiger partial charge in [-0.05, 0) is 18.2 Å². The second-order valence-electron chi connectivity index (χ2n) is 4.31. The van der Waals surface area contributed by atoms with E-state index in [0.717, 1.165) is 4.31 Å². The Morgan fingerprint density at radius 3 is 2.75 bits per heavy atom. The minimum atomic E-state index is -3.93. The standard InChI is InChI=1S/C11H13Cl2N3O3S/c12-7-1-2-8(13)10(5-7)20(18,19)16-4-3-15-6-9(16)11(14)17/h1-2,5,9,15H,3-4,6H2,(H2,14,17). The van der Waals surface area contributed by atoms with E-state index in [1.807, 2.05) is 0 Å². The second kappa shape index (κ2) is 5.87. The summed E-state index contributed by atoms with van der Waals surface area (Å²) in [4.78, 5) is 11.3. The number of halogens is 2. The summed E-state index contributed by atoms with van der Waals surface area (Å²) < 4.78 is 26.3. The first-order valence-electron chi connectivity index (χ1n) is 5.81. The maximum absolute atomic E-state index is 12.6. The third kappa shape index (κ3) is 2.91. The number of carbonyl (C=O) groups is 1. The summed E-state index contributed by atoms with van der Waals surface area (Å²) >= 11 is 11.7. The topological polar surface area (TPSA) is 92.5 Å². The van der Waals surface area contributed by atoms with Crippen molar-refractivity contribution < 1.29 is 13.2 Å². The minimum Gasteiger partial charge on any atom is -0.368 e. The van der Waals surface area contributed by atoms with Crippen LogP contribution in [0.4, 0.5) is 0 Å². The molecular weight excluding hydrogens is 325 g/mol. The van der Waals surface area contributed by atoms with Crippen molar-refractivity contribution in [2.75, 3.05) is 19.6 Å². The van der Waals surface area contributed by atoms with Crippen LogP contribution in [0, 0.1) is 0 Å². The number of amides is 1. The average molecular weight is 338 g/mol. The van der Waals surface area contributed by atoms with Crippen LogP contribution in [-0.2, 0) is 14.8 Å². The molecule has 1 heterocycles. The SMILES string of the molecule is NC(=O)C1CNCCN1S(=O)(=O)c1cc(Cl)ccc1Cl. The summed E-state index contributed by atoms with van der Waals surface area (Å²) in [6.07, 6.45) is 0. The molecular formula is C11H13Cl2N3O3S. The molecule has 0 radical (unpaired) electrons. The van der Waals surface area contributed by atoms with E-state index in [2.05, 4.69) is 5.32 Å². The normalized spacial score (nSPS) is 20.8. The number of hydrogen-bond donors (Lipinski definition) is 2. The Morgan fingerprint density at radius 1 is 1.40 bits per heavy atom.